The van der Waals surface area contributed by atoms with Gasteiger partial charge in [0.15, 0.2) is 0 Å². The van der Waals surface area contributed by atoms with E-state index >= 15 is 0 Å². The molecule has 0 spiro atoms. The van der Waals surface area contributed by atoms with Gasteiger partial charge < -0.3 is 9.80 Å². The molecular weight excluding hydrogens is 369 g/mol. The van der Waals surface area contributed by atoms with Crippen LogP contribution in [0.3, 0.4) is 0 Å². The number of pyridine rings is 1. The van der Waals surface area contributed by atoms with Crippen molar-refractivity contribution in [2.24, 2.45) is 0 Å². The average Bonchev–Trinajstić information content (AvgIpc) is 2.72. The minimum absolute atomic E-state index is 0.0484. The normalized spacial score (nSPS) is 15.3. The van der Waals surface area contributed by atoms with Crippen molar-refractivity contribution in [1.82, 2.24) is 9.88 Å². The Labute approximate surface area is 160 Å². The van der Waals surface area contributed by atoms with Crippen molar-refractivity contribution in [2.75, 3.05) is 31.1 Å². The highest BCUT2D eigenvalue weighted by Crippen LogP contribution is 2.29. The van der Waals surface area contributed by atoms with Crippen molar-refractivity contribution in [2.45, 2.75) is 6.18 Å². The standard InChI is InChI=1S/C20H17F3N4O/c21-20(22,23)17-6-7-18(25-13-17)27-10-8-26(9-11-27)14-16(12-24)19(28)15-4-2-1-3-5-15/h1-7,13-14H,8-11H2/b16-14-. The number of halogens is 3. The van der Waals surface area contributed by atoms with E-state index in [0.717, 1.165) is 12.3 Å². The first-order valence-corrected chi connectivity index (χ1v) is 8.62. The molecule has 0 bridgehead atoms. The number of carbonyl (C=O) groups is 1. The summed E-state index contributed by atoms with van der Waals surface area (Å²) < 4.78 is 37.9. The number of rotatable bonds is 4. The van der Waals surface area contributed by atoms with Crippen LogP contribution in [-0.4, -0.2) is 41.8 Å². The van der Waals surface area contributed by atoms with Crippen molar-refractivity contribution in [3.63, 3.8) is 0 Å². The van der Waals surface area contributed by atoms with Gasteiger partial charge in [0.05, 0.1) is 5.56 Å². The number of benzene rings is 1. The molecule has 2 aromatic rings. The number of nitriles is 1. The topological polar surface area (TPSA) is 60.2 Å². The summed E-state index contributed by atoms with van der Waals surface area (Å²) in [6, 6.07) is 12.9. The molecule has 0 unspecified atom stereocenters. The van der Waals surface area contributed by atoms with E-state index in [4.69, 9.17) is 0 Å². The number of hydrogen-bond donors (Lipinski definition) is 0. The summed E-state index contributed by atoms with van der Waals surface area (Å²) in [7, 11) is 0. The lowest BCUT2D eigenvalue weighted by Gasteiger charge is -2.35. The second-order valence-electron chi connectivity index (χ2n) is 6.28. The summed E-state index contributed by atoms with van der Waals surface area (Å²) in [5, 5.41) is 9.33. The van der Waals surface area contributed by atoms with Crippen LogP contribution in [0.5, 0.6) is 0 Å². The molecule has 1 aromatic carbocycles. The maximum Gasteiger partial charge on any atom is 0.417 e. The number of anilines is 1. The number of ketones is 1. The highest BCUT2D eigenvalue weighted by molar-refractivity contribution is 6.11. The number of Topliss-reactive ketones (excluding diaryl/α,β-unsaturated/α-hetero) is 1. The molecule has 0 N–H and O–H groups in total. The van der Waals surface area contributed by atoms with Gasteiger partial charge in [-0.15, -0.1) is 0 Å². The molecule has 0 aliphatic carbocycles. The molecule has 1 aliphatic heterocycles. The molecule has 1 aliphatic rings. The number of carbonyl (C=O) groups excluding carboxylic acids is 1. The Bertz CT molecular complexity index is 894. The first-order chi connectivity index (χ1) is 13.4. The van der Waals surface area contributed by atoms with Gasteiger partial charge in [-0.1, -0.05) is 30.3 Å². The van der Waals surface area contributed by atoms with Crippen LogP contribution in [-0.2, 0) is 6.18 Å². The third-order valence-corrected chi connectivity index (χ3v) is 4.43. The number of nitrogens with zero attached hydrogens (tertiary/aromatic N) is 4. The van der Waals surface area contributed by atoms with E-state index in [1.165, 1.54) is 6.07 Å². The first kappa shape index (κ1) is 19.4. The van der Waals surface area contributed by atoms with Gasteiger partial charge in [0, 0.05) is 44.1 Å². The maximum atomic E-state index is 12.6. The first-order valence-electron chi connectivity index (χ1n) is 8.62. The molecular formula is C20H17F3N4O. The molecule has 5 nitrogen and oxygen atoms in total. The average molecular weight is 386 g/mol. The molecule has 28 heavy (non-hydrogen) atoms. The van der Waals surface area contributed by atoms with Crippen LogP contribution in [0.15, 0.2) is 60.4 Å². The number of hydrogen-bond acceptors (Lipinski definition) is 5. The van der Waals surface area contributed by atoms with Gasteiger partial charge in [-0.05, 0) is 12.1 Å². The molecule has 2 heterocycles. The fourth-order valence-corrected chi connectivity index (χ4v) is 2.89. The summed E-state index contributed by atoms with van der Waals surface area (Å²) in [6.45, 7) is 2.09. The fraction of sp³-hybridized carbons (Fsp3) is 0.250. The minimum Gasteiger partial charge on any atom is -0.373 e. The Morgan fingerprint density at radius 1 is 1.07 bits per heavy atom. The Balaban J connectivity index is 1.64. The van der Waals surface area contributed by atoms with E-state index in [1.54, 1.807) is 36.5 Å². The molecule has 0 saturated carbocycles. The third kappa shape index (κ3) is 4.49. The van der Waals surface area contributed by atoms with E-state index in [9.17, 15) is 23.2 Å². The third-order valence-electron chi connectivity index (χ3n) is 4.43. The summed E-state index contributed by atoms with van der Waals surface area (Å²) in [6.07, 6.45) is -2.03. The van der Waals surface area contributed by atoms with Crippen molar-refractivity contribution in [3.05, 3.63) is 71.6 Å². The molecule has 0 amide bonds. The summed E-state index contributed by atoms with van der Waals surface area (Å²) in [5.74, 6) is 0.132. The van der Waals surface area contributed by atoms with E-state index in [0.29, 0.717) is 37.6 Å². The molecule has 8 heteroatoms. The number of allylic oxidation sites excluding steroid dienone is 1. The van der Waals surface area contributed by atoms with E-state index in [-0.39, 0.29) is 11.4 Å². The predicted octanol–water partition coefficient (Wildman–Crippen LogP) is 3.51. The Morgan fingerprint density at radius 2 is 1.75 bits per heavy atom. The van der Waals surface area contributed by atoms with Gasteiger partial charge in [-0.25, -0.2) is 4.98 Å². The van der Waals surface area contributed by atoms with Gasteiger partial charge in [0.1, 0.15) is 17.5 Å². The number of piperazine rings is 1. The molecule has 1 saturated heterocycles. The van der Waals surface area contributed by atoms with Crippen LogP contribution < -0.4 is 4.90 Å². The van der Waals surface area contributed by atoms with Crippen LogP contribution in [0.4, 0.5) is 19.0 Å². The lowest BCUT2D eigenvalue weighted by Crippen LogP contribution is -2.44. The van der Waals surface area contributed by atoms with Crippen molar-refractivity contribution >= 4 is 11.6 Å². The van der Waals surface area contributed by atoms with Gasteiger partial charge >= 0.3 is 6.18 Å². The molecule has 0 atom stereocenters. The summed E-state index contributed by atoms with van der Waals surface area (Å²) in [4.78, 5) is 20.1. The predicted molar refractivity (Wildman–Crippen MR) is 97.5 cm³/mol. The second kappa shape index (κ2) is 8.13. The zero-order chi connectivity index (χ0) is 20.1. The Morgan fingerprint density at radius 3 is 2.29 bits per heavy atom. The van der Waals surface area contributed by atoms with Gasteiger partial charge in [-0.2, -0.15) is 18.4 Å². The summed E-state index contributed by atoms with van der Waals surface area (Å²) in [5.41, 5.74) is -0.286. The summed E-state index contributed by atoms with van der Waals surface area (Å²) >= 11 is 0. The van der Waals surface area contributed by atoms with Crippen LogP contribution in [0, 0.1) is 11.3 Å². The Hall–Kier alpha value is -3.34. The van der Waals surface area contributed by atoms with E-state index in [2.05, 4.69) is 4.98 Å². The zero-order valence-electron chi connectivity index (χ0n) is 14.9. The smallest absolute Gasteiger partial charge is 0.373 e. The molecule has 1 fully saturated rings. The highest BCUT2D eigenvalue weighted by atomic mass is 19.4. The number of alkyl halides is 3. The molecule has 144 valence electrons. The van der Waals surface area contributed by atoms with E-state index < -0.39 is 11.7 Å². The maximum absolute atomic E-state index is 12.6. The largest absolute Gasteiger partial charge is 0.417 e. The van der Waals surface area contributed by atoms with Crippen molar-refractivity contribution in [3.8, 4) is 6.07 Å². The molecule has 3 rings (SSSR count). The monoisotopic (exact) mass is 386 g/mol. The highest BCUT2D eigenvalue weighted by Gasteiger charge is 2.31. The zero-order valence-corrected chi connectivity index (χ0v) is 14.9. The van der Waals surface area contributed by atoms with Gasteiger partial charge in [0.25, 0.3) is 0 Å². The van der Waals surface area contributed by atoms with Crippen LogP contribution in [0.1, 0.15) is 15.9 Å². The minimum atomic E-state index is -4.41. The lowest BCUT2D eigenvalue weighted by atomic mass is 10.1. The fourth-order valence-electron chi connectivity index (χ4n) is 2.89. The van der Waals surface area contributed by atoms with Crippen molar-refractivity contribution in [1.29, 1.82) is 5.26 Å². The number of aromatic nitrogens is 1. The second-order valence-corrected chi connectivity index (χ2v) is 6.28. The quantitative estimate of drug-likeness (QED) is 0.457. The van der Waals surface area contributed by atoms with Gasteiger partial charge in [-0.3, -0.25) is 4.79 Å². The van der Waals surface area contributed by atoms with Crippen LogP contribution in [0.25, 0.3) is 0 Å². The van der Waals surface area contributed by atoms with Crippen LogP contribution in [0.2, 0.25) is 0 Å². The van der Waals surface area contributed by atoms with Crippen LogP contribution >= 0.6 is 0 Å². The Kier molecular flexibility index (Phi) is 5.64. The molecule has 0 radical (unpaired) electrons. The molecule has 1 aromatic heterocycles. The lowest BCUT2D eigenvalue weighted by molar-refractivity contribution is -0.137. The van der Waals surface area contributed by atoms with E-state index in [1.807, 2.05) is 15.9 Å². The van der Waals surface area contributed by atoms with Crippen molar-refractivity contribution < 1.29 is 18.0 Å². The SMILES string of the molecule is N#C/C(=C/N1CCN(c2ccc(C(F)(F)F)cn2)CC1)C(=O)c1ccccc1. The van der Waals surface area contributed by atoms with Gasteiger partial charge in [0.2, 0.25) is 5.78 Å².